The number of thiol groups is 1. The van der Waals surface area contributed by atoms with Crippen molar-refractivity contribution in [3.05, 3.63) is 137 Å². The van der Waals surface area contributed by atoms with Crippen LogP contribution in [0.2, 0.25) is 0 Å². The lowest BCUT2D eigenvalue weighted by atomic mass is 9.95. The highest BCUT2D eigenvalue weighted by Gasteiger charge is 2.20. The van der Waals surface area contributed by atoms with Gasteiger partial charge in [0.15, 0.2) is 0 Å². The van der Waals surface area contributed by atoms with E-state index in [4.69, 9.17) is 4.98 Å². The molecule has 0 spiro atoms. The molecule has 238 valence electrons. The van der Waals surface area contributed by atoms with E-state index in [0.29, 0.717) is 30.8 Å². The normalized spacial score (nSPS) is 12.0. The van der Waals surface area contributed by atoms with E-state index in [1.54, 1.807) is 12.1 Å². The van der Waals surface area contributed by atoms with Crippen LogP contribution < -0.4 is 5.32 Å². The summed E-state index contributed by atoms with van der Waals surface area (Å²) in [5.74, 6) is 0.293. The van der Waals surface area contributed by atoms with E-state index in [1.165, 1.54) is 10.8 Å². The molecule has 1 unspecified atom stereocenters. The molecule has 2 N–H and O–H groups in total. The molecule has 0 fully saturated rings. The first-order chi connectivity index (χ1) is 22.9. The SMILES string of the molecule is CCCc1nc2c(C)cc(CNC(=O)C(CS)Cc3cccc4ccccc34)cc2n1Cc1ccc(-c2ccccc2C(=O)O)cc1. The Balaban J connectivity index is 1.22. The Kier molecular flexibility index (Phi) is 9.73. The molecule has 0 aliphatic rings. The van der Waals surface area contributed by atoms with Crippen LogP contribution in [0.3, 0.4) is 0 Å². The number of aryl methyl sites for hydroxylation is 2. The van der Waals surface area contributed by atoms with E-state index < -0.39 is 5.97 Å². The van der Waals surface area contributed by atoms with E-state index in [1.807, 2.05) is 42.5 Å². The first kappa shape index (κ1) is 32.1. The van der Waals surface area contributed by atoms with Gasteiger partial charge in [-0.3, -0.25) is 4.79 Å². The molecule has 1 atom stereocenters. The molecule has 5 aromatic carbocycles. The van der Waals surface area contributed by atoms with Crippen molar-refractivity contribution in [2.45, 2.75) is 46.2 Å². The Morgan fingerprint density at radius 1 is 0.915 bits per heavy atom. The van der Waals surface area contributed by atoms with E-state index in [9.17, 15) is 14.7 Å². The van der Waals surface area contributed by atoms with E-state index in [2.05, 4.69) is 84.9 Å². The standard InChI is InChI=1S/C40H39N3O3S/c1-3-9-37-42-38-26(2)20-28(23-41-39(44)32(25-47)22-31-12-8-11-29-10-4-5-13-33(29)31)21-36(38)43(37)24-27-16-18-30(19-17-27)34-14-6-7-15-35(34)40(45)46/h4-8,10-21,32,47H,3,9,22-25H2,1-2H3,(H,41,44)(H,45,46). The summed E-state index contributed by atoms with van der Waals surface area (Å²) in [6.07, 6.45) is 2.45. The van der Waals surface area contributed by atoms with Crippen molar-refractivity contribution >= 4 is 46.3 Å². The lowest BCUT2D eigenvalue weighted by Crippen LogP contribution is -2.32. The molecule has 7 heteroatoms. The van der Waals surface area contributed by atoms with Gasteiger partial charge < -0.3 is 15.0 Å². The van der Waals surface area contributed by atoms with Crippen LogP contribution in [-0.2, 0) is 30.7 Å². The third-order valence-electron chi connectivity index (χ3n) is 8.82. The predicted octanol–water partition coefficient (Wildman–Crippen LogP) is 8.27. The Morgan fingerprint density at radius 3 is 2.43 bits per heavy atom. The van der Waals surface area contributed by atoms with E-state index >= 15 is 0 Å². The van der Waals surface area contributed by atoms with Gasteiger partial charge in [-0.25, -0.2) is 9.78 Å². The van der Waals surface area contributed by atoms with Crippen LogP contribution in [0.15, 0.2) is 103 Å². The number of carbonyl (C=O) groups excluding carboxylic acids is 1. The van der Waals surface area contributed by atoms with Gasteiger partial charge >= 0.3 is 5.97 Å². The fourth-order valence-electron chi connectivity index (χ4n) is 6.41. The Bertz CT molecular complexity index is 2060. The van der Waals surface area contributed by atoms with Crippen molar-refractivity contribution in [1.82, 2.24) is 14.9 Å². The second-order valence-corrected chi connectivity index (χ2v) is 12.5. The van der Waals surface area contributed by atoms with Crippen molar-refractivity contribution in [3.63, 3.8) is 0 Å². The second kappa shape index (κ2) is 14.3. The average Bonchev–Trinajstić information content (AvgIpc) is 3.43. The highest BCUT2D eigenvalue weighted by molar-refractivity contribution is 7.80. The highest BCUT2D eigenvalue weighted by Crippen LogP contribution is 2.28. The number of fused-ring (bicyclic) bond motifs is 2. The van der Waals surface area contributed by atoms with Crippen LogP contribution in [0.4, 0.5) is 0 Å². The topological polar surface area (TPSA) is 84.2 Å². The fraction of sp³-hybridized carbons (Fsp3) is 0.225. The number of carboxylic acids is 1. The minimum atomic E-state index is -0.938. The second-order valence-electron chi connectivity index (χ2n) is 12.1. The molecule has 1 aromatic heterocycles. The summed E-state index contributed by atoms with van der Waals surface area (Å²) in [6.45, 7) is 5.28. The number of benzene rings is 5. The Hall–Kier alpha value is -4.88. The van der Waals surface area contributed by atoms with Crippen LogP contribution in [-0.4, -0.2) is 32.3 Å². The smallest absolute Gasteiger partial charge is 0.336 e. The van der Waals surface area contributed by atoms with Gasteiger partial charge in [0.2, 0.25) is 5.91 Å². The quantitative estimate of drug-likeness (QED) is 0.118. The average molecular weight is 642 g/mol. The van der Waals surface area contributed by atoms with E-state index in [0.717, 1.165) is 57.5 Å². The van der Waals surface area contributed by atoms with E-state index in [-0.39, 0.29) is 17.4 Å². The number of nitrogens with zero attached hydrogens (tertiary/aromatic N) is 2. The first-order valence-corrected chi connectivity index (χ1v) is 16.7. The van der Waals surface area contributed by atoms with Crippen molar-refractivity contribution in [2.75, 3.05) is 5.75 Å². The molecule has 0 aliphatic carbocycles. The molecular weight excluding hydrogens is 603 g/mol. The van der Waals surface area contributed by atoms with Crippen molar-refractivity contribution < 1.29 is 14.7 Å². The molecule has 0 radical (unpaired) electrons. The zero-order chi connectivity index (χ0) is 32.9. The highest BCUT2D eigenvalue weighted by atomic mass is 32.1. The number of imidazole rings is 1. The maximum Gasteiger partial charge on any atom is 0.336 e. The van der Waals surface area contributed by atoms with Gasteiger partial charge in [-0.2, -0.15) is 12.6 Å². The van der Waals surface area contributed by atoms with Gasteiger partial charge in [0.05, 0.1) is 22.5 Å². The Labute approximate surface area is 280 Å². The summed E-state index contributed by atoms with van der Waals surface area (Å²) in [7, 11) is 0. The molecule has 0 bridgehead atoms. The summed E-state index contributed by atoms with van der Waals surface area (Å²) in [4.78, 5) is 30.2. The number of amides is 1. The van der Waals surface area contributed by atoms with Crippen molar-refractivity contribution in [2.24, 2.45) is 5.92 Å². The van der Waals surface area contributed by atoms with Crippen LogP contribution in [0, 0.1) is 12.8 Å². The summed E-state index contributed by atoms with van der Waals surface area (Å²) in [5, 5.41) is 15.2. The van der Waals surface area contributed by atoms with Gasteiger partial charge in [-0.05, 0) is 76.1 Å². The number of aromatic carboxylic acids is 1. The van der Waals surface area contributed by atoms with Gasteiger partial charge in [0.25, 0.3) is 0 Å². The van der Waals surface area contributed by atoms with Gasteiger partial charge in [0.1, 0.15) is 5.82 Å². The molecule has 0 saturated carbocycles. The van der Waals surface area contributed by atoms with Crippen molar-refractivity contribution in [3.8, 4) is 11.1 Å². The number of hydrogen-bond acceptors (Lipinski definition) is 4. The first-order valence-electron chi connectivity index (χ1n) is 16.1. The lowest BCUT2D eigenvalue weighted by Gasteiger charge is -2.17. The van der Waals surface area contributed by atoms with Crippen LogP contribution in [0.5, 0.6) is 0 Å². The number of nitrogens with one attached hydrogen (secondary N) is 1. The zero-order valence-electron chi connectivity index (χ0n) is 26.7. The lowest BCUT2D eigenvalue weighted by molar-refractivity contribution is -0.124. The van der Waals surface area contributed by atoms with Gasteiger partial charge in [-0.1, -0.05) is 97.9 Å². The number of hydrogen-bond donors (Lipinski definition) is 3. The van der Waals surface area contributed by atoms with Gasteiger partial charge in [0, 0.05) is 25.3 Å². The summed E-state index contributed by atoms with van der Waals surface area (Å²) in [5.41, 5.74) is 8.22. The maximum atomic E-state index is 13.4. The summed E-state index contributed by atoms with van der Waals surface area (Å²) >= 11 is 4.55. The van der Waals surface area contributed by atoms with Crippen LogP contribution in [0.1, 0.15) is 51.8 Å². The molecule has 1 heterocycles. The monoisotopic (exact) mass is 641 g/mol. The summed E-state index contributed by atoms with van der Waals surface area (Å²) < 4.78 is 2.27. The number of rotatable bonds is 12. The van der Waals surface area contributed by atoms with Gasteiger partial charge in [-0.15, -0.1) is 0 Å². The van der Waals surface area contributed by atoms with Crippen LogP contribution >= 0.6 is 12.6 Å². The predicted molar refractivity (Wildman–Crippen MR) is 193 cm³/mol. The third-order valence-corrected chi connectivity index (χ3v) is 9.27. The van der Waals surface area contributed by atoms with Crippen molar-refractivity contribution in [1.29, 1.82) is 0 Å². The van der Waals surface area contributed by atoms with Crippen LogP contribution in [0.25, 0.3) is 32.9 Å². The number of carbonyl (C=O) groups is 2. The minimum Gasteiger partial charge on any atom is -0.478 e. The zero-order valence-corrected chi connectivity index (χ0v) is 27.6. The molecular formula is C40H39N3O3S. The molecule has 47 heavy (non-hydrogen) atoms. The number of carboxylic acid groups (broad SMARTS) is 1. The largest absolute Gasteiger partial charge is 0.478 e. The molecule has 6 aromatic rings. The molecule has 6 rings (SSSR count). The maximum absolute atomic E-state index is 13.4. The molecule has 0 aliphatic heterocycles. The molecule has 1 amide bonds. The summed E-state index contributed by atoms with van der Waals surface area (Å²) in [6, 6.07) is 33.9. The minimum absolute atomic E-state index is 0.00424. The molecule has 0 saturated heterocycles. The Morgan fingerprint density at radius 2 is 1.66 bits per heavy atom. The third kappa shape index (κ3) is 6.96. The molecule has 6 nitrogen and oxygen atoms in total. The number of aromatic nitrogens is 2. The fourth-order valence-corrected chi connectivity index (χ4v) is 6.70.